The summed E-state index contributed by atoms with van der Waals surface area (Å²) in [5.41, 5.74) is 0. The number of aliphatic hydroxyl groups excluding tert-OH is 1. The molecule has 1 unspecified atom stereocenters. The number of hydrogen-bond donors (Lipinski definition) is 2. The summed E-state index contributed by atoms with van der Waals surface area (Å²) in [6.45, 7) is 4.53. The molecule has 21 heavy (non-hydrogen) atoms. The molecule has 2 rings (SSSR count). The SMILES string of the molecule is CCNC(CO)CCN(C1CCCCC1)C1CCCCC1. The predicted molar refractivity (Wildman–Crippen MR) is 89.6 cm³/mol. The van der Waals surface area contributed by atoms with Crippen molar-refractivity contribution in [1.82, 2.24) is 10.2 Å². The monoisotopic (exact) mass is 296 g/mol. The second-order valence-corrected chi connectivity index (χ2v) is 7.05. The summed E-state index contributed by atoms with van der Waals surface area (Å²) in [5.74, 6) is 0. The van der Waals surface area contributed by atoms with Gasteiger partial charge in [0.15, 0.2) is 0 Å². The van der Waals surface area contributed by atoms with Gasteiger partial charge in [-0.05, 0) is 38.6 Å². The molecule has 2 N–H and O–H groups in total. The second kappa shape index (κ2) is 9.81. The van der Waals surface area contributed by atoms with Crippen LogP contribution in [-0.4, -0.2) is 47.8 Å². The first-order valence-electron chi connectivity index (χ1n) is 9.45. The minimum Gasteiger partial charge on any atom is -0.395 e. The quantitative estimate of drug-likeness (QED) is 0.721. The number of rotatable bonds is 8. The molecular formula is C18H36N2O. The van der Waals surface area contributed by atoms with Gasteiger partial charge in [-0.15, -0.1) is 0 Å². The molecule has 0 bridgehead atoms. The van der Waals surface area contributed by atoms with E-state index >= 15 is 0 Å². The maximum absolute atomic E-state index is 9.51. The highest BCUT2D eigenvalue weighted by Crippen LogP contribution is 2.30. The Morgan fingerprint density at radius 1 is 0.952 bits per heavy atom. The van der Waals surface area contributed by atoms with Gasteiger partial charge in [0.25, 0.3) is 0 Å². The van der Waals surface area contributed by atoms with Crippen LogP contribution < -0.4 is 5.32 Å². The smallest absolute Gasteiger partial charge is 0.0585 e. The first kappa shape index (κ1) is 17.2. The standard InChI is InChI=1S/C18H36N2O/c1-2-19-16(15-21)13-14-20(17-9-5-3-6-10-17)18-11-7-4-8-12-18/h16-19,21H,2-15H2,1H3. The van der Waals surface area contributed by atoms with Gasteiger partial charge in [-0.1, -0.05) is 45.4 Å². The van der Waals surface area contributed by atoms with E-state index in [2.05, 4.69) is 17.1 Å². The van der Waals surface area contributed by atoms with Gasteiger partial charge in [0, 0.05) is 24.7 Å². The van der Waals surface area contributed by atoms with Crippen LogP contribution in [0, 0.1) is 0 Å². The van der Waals surface area contributed by atoms with Gasteiger partial charge in [0.1, 0.15) is 0 Å². The van der Waals surface area contributed by atoms with Crippen molar-refractivity contribution in [3.63, 3.8) is 0 Å². The van der Waals surface area contributed by atoms with Crippen molar-refractivity contribution in [1.29, 1.82) is 0 Å². The number of nitrogens with zero attached hydrogens (tertiary/aromatic N) is 1. The van der Waals surface area contributed by atoms with E-state index in [9.17, 15) is 5.11 Å². The van der Waals surface area contributed by atoms with Crippen molar-refractivity contribution in [2.75, 3.05) is 19.7 Å². The summed E-state index contributed by atoms with van der Waals surface area (Å²) < 4.78 is 0. The van der Waals surface area contributed by atoms with E-state index in [1.807, 2.05) is 0 Å². The molecular weight excluding hydrogens is 260 g/mol. The fraction of sp³-hybridized carbons (Fsp3) is 1.00. The van der Waals surface area contributed by atoms with Crippen LogP contribution in [0.2, 0.25) is 0 Å². The zero-order valence-corrected chi connectivity index (χ0v) is 14.0. The normalized spacial score (nSPS) is 23.6. The lowest BCUT2D eigenvalue weighted by molar-refractivity contribution is 0.0731. The molecule has 0 spiro atoms. The van der Waals surface area contributed by atoms with Crippen molar-refractivity contribution < 1.29 is 5.11 Å². The highest BCUT2D eigenvalue weighted by Gasteiger charge is 2.28. The van der Waals surface area contributed by atoms with E-state index in [1.54, 1.807) is 0 Å². The number of aliphatic hydroxyl groups is 1. The zero-order chi connectivity index (χ0) is 14.9. The molecule has 2 fully saturated rings. The second-order valence-electron chi connectivity index (χ2n) is 7.05. The first-order chi connectivity index (χ1) is 10.3. The third-order valence-electron chi connectivity index (χ3n) is 5.54. The number of hydrogen-bond acceptors (Lipinski definition) is 3. The molecule has 0 aromatic heterocycles. The van der Waals surface area contributed by atoms with Gasteiger partial charge < -0.3 is 10.4 Å². The van der Waals surface area contributed by atoms with E-state index in [-0.39, 0.29) is 12.6 Å². The van der Waals surface area contributed by atoms with Gasteiger partial charge in [0.05, 0.1) is 6.61 Å². The third-order valence-corrected chi connectivity index (χ3v) is 5.54. The Morgan fingerprint density at radius 3 is 1.90 bits per heavy atom. The lowest BCUT2D eigenvalue weighted by atomic mass is 9.88. The van der Waals surface area contributed by atoms with E-state index < -0.39 is 0 Å². The molecule has 2 aliphatic rings. The fourth-order valence-corrected chi connectivity index (χ4v) is 4.34. The zero-order valence-electron chi connectivity index (χ0n) is 14.0. The molecule has 124 valence electrons. The van der Waals surface area contributed by atoms with Crippen LogP contribution in [0.5, 0.6) is 0 Å². The van der Waals surface area contributed by atoms with E-state index in [0.717, 1.165) is 25.0 Å². The highest BCUT2D eigenvalue weighted by atomic mass is 16.3. The van der Waals surface area contributed by atoms with E-state index in [0.29, 0.717) is 0 Å². The molecule has 3 heteroatoms. The third kappa shape index (κ3) is 5.54. The fourth-order valence-electron chi connectivity index (χ4n) is 4.34. The summed E-state index contributed by atoms with van der Waals surface area (Å²) >= 11 is 0. The van der Waals surface area contributed by atoms with E-state index in [1.165, 1.54) is 70.8 Å². The molecule has 2 aliphatic carbocycles. The maximum atomic E-state index is 9.51. The van der Waals surface area contributed by atoms with Crippen LogP contribution in [0.4, 0.5) is 0 Å². The van der Waals surface area contributed by atoms with Crippen LogP contribution in [0.15, 0.2) is 0 Å². The lowest BCUT2D eigenvalue weighted by Gasteiger charge is -2.42. The molecule has 0 heterocycles. The Bertz CT molecular complexity index is 242. The van der Waals surface area contributed by atoms with Gasteiger partial charge in [-0.3, -0.25) is 4.90 Å². The summed E-state index contributed by atoms with van der Waals surface area (Å²) in [5, 5.41) is 12.9. The molecule has 0 aromatic carbocycles. The summed E-state index contributed by atoms with van der Waals surface area (Å²) in [7, 11) is 0. The van der Waals surface area contributed by atoms with Crippen LogP contribution in [0.3, 0.4) is 0 Å². The Labute approximate surface area is 131 Å². The maximum Gasteiger partial charge on any atom is 0.0585 e. The summed E-state index contributed by atoms with van der Waals surface area (Å²) in [6, 6.07) is 1.93. The Balaban J connectivity index is 1.90. The minimum absolute atomic E-state index is 0.275. The van der Waals surface area contributed by atoms with Crippen LogP contribution in [0.1, 0.15) is 77.6 Å². The average molecular weight is 296 g/mol. The van der Waals surface area contributed by atoms with Crippen molar-refractivity contribution in [2.45, 2.75) is 95.7 Å². The van der Waals surface area contributed by atoms with Crippen LogP contribution >= 0.6 is 0 Å². The van der Waals surface area contributed by atoms with Crippen LogP contribution in [-0.2, 0) is 0 Å². The van der Waals surface area contributed by atoms with Crippen molar-refractivity contribution in [3.8, 4) is 0 Å². The Hall–Kier alpha value is -0.120. The topological polar surface area (TPSA) is 35.5 Å². The molecule has 0 radical (unpaired) electrons. The minimum atomic E-state index is 0.275. The molecule has 0 amide bonds. The number of likely N-dealkylation sites (N-methyl/N-ethyl adjacent to an activating group) is 1. The highest BCUT2D eigenvalue weighted by molar-refractivity contribution is 4.84. The van der Waals surface area contributed by atoms with Crippen LogP contribution in [0.25, 0.3) is 0 Å². The molecule has 3 nitrogen and oxygen atoms in total. The molecule has 0 aliphatic heterocycles. The molecule has 2 saturated carbocycles. The Morgan fingerprint density at radius 2 is 1.48 bits per heavy atom. The van der Waals surface area contributed by atoms with Crippen molar-refractivity contribution >= 4 is 0 Å². The summed E-state index contributed by atoms with van der Waals surface area (Å²) in [6.07, 6.45) is 15.3. The average Bonchev–Trinajstić information content (AvgIpc) is 2.56. The molecule has 0 saturated heterocycles. The Kier molecular flexibility index (Phi) is 8.05. The van der Waals surface area contributed by atoms with Gasteiger partial charge in [-0.2, -0.15) is 0 Å². The van der Waals surface area contributed by atoms with Crippen molar-refractivity contribution in [3.05, 3.63) is 0 Å². The van der Waals surface area contributed by atoms with Gasteiger partial charge in [0.2, 0.25) is 0 Å². The summed E-state index contributed by atoms with van der Waals surface area (Å²) in [4.78, 5) is 2.85. The molecule has 0 aromatic rings. The number of nitrogens with one attached hydrogen (secondary N) is 1. The molecule has 1 atom stereocenters. The van der Waals surface area contributed by atoms with E-state index in [4.69, 9.17) is 0 Å². The first-order valence-corrected chi connectivity index (χ1v) is 9.45. The largest absolute Gasteiger partial charge is 0.395 e. The lowest BCUT2D eigenvalue weighted by Crippen LogP contribution is -2.47. The van der Waals surface area contributed by atoms with Crippen molar-refractivity contribution in [2.24, 2.45) is 0 Å². The van der Waals surface area contributed by atoms with Gasteiger partial charge >= 0.3 is 0 Å². The van der Waals surface area contributed by atoms with Gasteiger partial charge in [-0.25, -0.2) is 0 Å². The predicted octanol–water partition coefficient (Wildman–Crippen LogP) is 3.31.